The van der Waals surface area contributed by atoms with Crippen molar-refractivity contribution >= 4 is 32.8 Å². The minimum Gasteiger partial charge on any atom is -0.598 e. The predicted octanol–water partition coefficient (Wildman–Crippen LogP) is 5.42. The Morgan fingerprint density at radius 3 is 2.33 bits per heavy atom. The van der Waals surface area contributed by atoms with Crippen molar-refractivity contribution in [3.63, 3.8) is 0 Å². The second kappa shape index (κ2) is 11.1. The lowest BCUT2D eigenvalue weighted by Gasteiger charge is -2.28. The van der Waals surface area contributed by atoms with Crippen LogP contribution in [0.1, 0.15) is 51.8 Å². The molecule has 194 valence electrons. The van der Waals surface area contributed by atoms with E-state index in [0.29, 0.717) is 16.1 Å². The largest absolute Gasteiger partial charge is 0.598 e. The van der Waals surface area contributed by atoms with Gasteiger partial charge in [0.05, 0.1) is 11.8 Å². The number of nitrogens with zero attached hydrogens (tertiary/aromatic N) is 1. The third-order valence-corrected chi connectivity index (χ3v) is 9.59. The summed E-state index contributed by atoms with van der Waals surface area (Å²) < 4.78 is 41.8. The smallest absolute Gasteiger partial charge is 0.250 e. The van der Waals surface area contributed by atoms with Gasteiger partial charge in [0.1, 0.15) is 4.75 Å². The van der Waals surface area contributed by atoms with Gasteiger partial charge in [0.15, 0.2) is 9.84 Å². The van der Waals surface area contributed by atoms with Gasteiger partial charge in [0.25, 0.3) is 5.56 Å². The minimum absolute atomic E-state index is 0.0409. The molecule has 2 atom stereocenters. The van der Waals surface area contributed by atoms with Gasteiger partial charge in [-0.3, -0.25) is 4.79 Å². The molecule has 0 aliphatic heterocycles. The maximum atomic E-state index is 12.9. The van der Waals surface area contributed by atoms with Gasteiger partial charge in [-0.05, 0) is 62.1 Å². The zero-order valence-electron chi connectivity index (χ0n) is 21.5. The van der Waals surface area contributed by atoms with Crippen LogP contribution in [0.25, 0.3) is 22.3 Å². The van der Waals surface area contributed by atoms with Crippen LogP contribution in [0.4, 0.5) is 0 Å². The molecule has 6 nitrogen and oxygen atoms in total. The van der Waals surface area contributed by atoms with Gasteiger partial charge < -0.3 is 9.12 Å². The summed E-state index contributed by atoms with van der Waals surface area (Å²) >= 11 is 5.19. The monoisotopic (exact) mass is 548 g/mol. The standard InChI is InChI=1S/C27H33ClN2O4S2/c1-7-36(33,34)17-19-12-13-20(21-10-8-9-11-25(21)28)23(14-19)24-16-30(6)26(31)15-22(24)18(2)29-35(32)27(3,4)5/h8-16,18,29H,7,17H2,1-6H3. The lowest BCUT2D eigenvalue weighted by atomic mass is 9.90. The van der Waals surface area contributed by atoms with Crippen molar-refractivity contribution in [2.24, 2.45) is 7.05 Å². The number of hydrogen-bond acceptors (Lipinski definition) is 5. The molecule has 3 rings (SSSR count). The summed E-state index contributed by atoms with van der Waals surface area (Å²) in [6, 6.07) is 14.1. The van der Waals surface area contributed by atoms with Crippen molar-refractivity contribution in [3.05, 3.63) is 81.2 Å². The topological polar surface area (TPSA) is 91.2 Å². The van der Waals surface area contributed by atoms with Crippen LogP contribution in [0.2, 0.25) is 5.02 Å². The van der Waals surface area contributed by atoms with Crippen LogP contribution >= 0.6 is 11.6 Å². The minimum atomic E-state index is -3.26. The van der Waals surface area contributed by atoms with Gasteiger partial charge >= 0.3 is 0 Å². The Balaban J connectivity index is 2.29. The van der Waals surface area contributed by atoms with E-state index in [9.17, 15) is 17.8 Å². The second-order valence-corrected chi connectivity index (χ2v) is 14.6. The highest BCUT2D eigenvalue weighted by molar-refractivity contribution is 7.91. The highest BCUT2D eigenvalue weighted by Gasteiger charge is 2.30. The molecular weight excluding hydrogens is 516 g/mol. The summed E-state index contributed by atoms with van der Waals surface area (Å²) in [6.07, 6.45) is 1.74. The van der Waals surface area contributed by atoms with Crippen LogP contribution in [-0.4, -0.2) is 28.0 Å². The zero-order valence-corrected chi connectivity index (χ0v) is 23.9. The molecule has 2 aromatic carbocycles. The van der Waals surface area contributed by atoms with Crippen LogP contribution in [0.15, 0.2) is 59.5 Å². The van der Waals surface area contributed by atoms with Crippen LogP contribution in [-0.2, 0) is 34.0 Å². The molecular formula is C27H33ClN2O4S2. The molecule has 0 radical (unpaired) electrons. The summed E-state index contributed by atoms with van der Waals surface area (Å²) in [4.78, 5) is 12.7. The lowest BCUT2D eigenvalue weighted by molar-refractivity contribution is 0.531. The molecule has 0 saturated carbocycles. The molecule has 9 heteroatoms. The highest BCUT2D eigenvalue weighted by atomic mass is 35.5. The number of aryl methyl sites for hydroxylation is 1. The van der Waals surface area contributed by atoms with E-state index in [1.807, 2.05) is 58.0 Å². The van der Waals surface area contributed by atoms with E-state index in [1.165, 1.54) is 4.57 Å². The maximum Gasteiger partial charge on any atom is 0.250 e. The number of rotatable bonds is 8. The lowest BCUT2D eigenvalue weighted by Crippen LogP contribution is -2.41. The van der Waals surface area contributed by atoms with Crippen molar-refractivity contribution < 1.29 is 13.0 Å². The van der Waals surface area contributed by atoms with Gasteiger partial charge in [-0.15, -0.1) is 4.72 Å². The van der Waals surface area contributed by atoms with Gasteiger partial charge in [-0.25, -0.2) is 8.42 Å². The van der Waals surface area contributed by atoms with Crippen LogP contribution in [0.3, 0.4) is 0 Å². The average molecular weight is 549 g/mol. The Bertz CT molecular complexity index is 1410. The van der Waals surface area contributed by atoms with Gasteiger partial charge in [-0.1, -0.05) is 48.9 Å². The predicted molar refractivity (Wildman–Crippen MR) is 150 cm³/mol. The van der Waals surface area contributed by atoms with Crippen LogP contribution in [0, 0.1) is 0 Å². The van der Waals surface area contributed by atoms with E-state index in [4.69, 9.17) is 11.6 Å². The van der Waals surface area contributed by atoms with E-state index >= 15 is 0 Å². The van der Waals surface area contributed by atoms with Crippen molar-refractivity contribution in [2.45, 2.75) is 51.2 Å². The molecule has 0 aliphatic carbocycles. The van der Waals surface area contributed by atoms with Gasteiger partial charge in [0.2, 0.25) is 0 Å². The maximum absolute atomic E-state index is 12.9. The first-order valence-electron chi connectivity index (χ1n) is 11.7. The van der Waals surface area contributed by atoms with E-state index in [0.717, 1.165) is 22.3 Å². The summed E-state index contributed by atoms with van der Waals surface area (Å²) in [6.45, 7) is 9.12. The first-order chi connectivity index (χ1) is 16.7. The van der Waals surface area contributed by atoms with Crippen LogP contribution in [0.5, 0.6) is 0 Å². The molecule has 0 amide bonds. The highest BCUT2D eigenvalue weighted by Crippen LogP contribution is 2.39. The van der Waals surface area contributed by atoms with E-state index in [-0.39, 0.29) is 17.1 Å². The number of aromatic nitrogens is 1. The quantitative estimate of drug-likeness (QED) is 0.379. The fraction of sp³-hybridized carbons (Fsp3) is 0.370. The average Bonchev–Trinajstić information content (AvgIpc) is 2.80. The van der Waals surface area contributed by atoms with E-state index in [2.05, 4.69) is 4.72 Å². The number of nitrogens with one attached hydrogen (secondary N) is 1. The Labute approximate surface area is 221 Å². The molecule has 0 aliphatic rings. The van der Waals surface area contributed by atoms with Gasteiger partial charge in [-0.2, -0.15) is 0 Å². The molecule has 1 aromatic heterocycles. The number of benzene rings is 2. The molecule has 0 bridgehead atoms. The fourth-order valence-corrected chi connectivity index (χ4v) is 5.73. The third-order valence-electron chi connectivity index (χ3n) is 5.93. The van der Waals surface area contributed by atoms with E-state index in [1.54, 1.807) is 38.4 Å². The first-order valence-corrected chi connectivity index (χ1v) is 15.1. The molecule has 0 spiro atoms. The number of pyridine rings is 1. The normalized spacial score (nSPS) is 14.0. The molecule has 1 N–H and O–H groups in total. The number of sulfone groups is 1. The van der Waals surface area contributed by atoms with E-state index < -0.39 is 32.0 Å². The van der Waals surface area contributed by atoms with Crippen molar-refractivity contribution in [1.82, 2.24) is 9.29 Å². The SMILES string of the molecule is CCS(=O)(=O)Cc1ccc(-c2ccccc2Cl)c(-c2cn(C)c(=O)cc2C(C)N[S+]([O-])C(C)(C)C)c1. The Hall–Kier alpha value is -2.10. The summed E-state index contributed by atoms with van der Waals surface area (Å²) in [7, 11) is -1.60. The van der Waals surface area contributed by atoms with Crippen molar-refractivity contribution in [2.75, 3.05) is 5.75 Å². The van der Waals surface area contributed by atoms with Crippen molar-refractivity contribution in [3.8, 4) is 22.3 Å². The summed E-state index contributed by atoms with van der Waals surface area (Å²) in [5.74, 6) is -0.0541. The fourth-order valence-electron chi connectivity index (χ4n) is 3.80. The Kier molecular flexibility index (Phi) is 8.78. The molecule has 0 saturated heterocycles. The zero-order chi connectivity index (χ0) is 26.8. The number of halogens is 1. The second-order valence-electron chi connectivity index (χ2n) is 9.85. The van der Waals surface area contributed by atoms with Crippen LogP contribution < -0.4 is 10.3 Å². The van der Waals surface area contributed by atoms with Crippen molar-refractivity contribution in [1.29, 1.82) is 0 Å². The van der Waals surface area contributed by atoms with Gasteiger partial charge in [0, 0.05) is 52.6 Å². The molecule has 0 fully saturated rings. The summed E-state index contributed by atoms with van der Waals surface area (Å²) in [5.41, 5.74) is 4.18. The number of hydrogen-bond donors (Lipinski definition) is 1. The summed E-state index contributed by atoms with van der Waals surface area (Å²) in [5, 5.41) is 0.555. The molecule has 1 heterocycles. The molecule has 2 unspecified atom stereocenters. The molecule has 36 heavy (non-hydrogen) atoms. The Morgan fingerprint density at radius 2 is 1.72 bits per heavy atom. The first kappa shape index (κ1) is 28.5. The third kappa shape index (κ3) is 6.61. The Morgan fingerprint density at radius 1 is 1.06 bits per heavy atom. The molecule has 3 aromatic rings.